The van der Waals surface area contributed by atoms with Crippen LogP contribution in [0.3, 0.4) is 0 Å². The monoisotopic (exact) mass is 358 g/mol. The standard InChI is InChI=1S/C22H38Si2/c1-9-23(10-2,11-3)19-15-17-21(7)22(8)18-16-20-24(12-4,13-5)14-6/h7-14,17-18H2,1-6H3. The fourth-order valence-corrected chi connectivity index (χ4v) is 7.94. The van der Waals surface area contributed by atoms with E-state index in [4.69, 9.17) is 0 Å². The van der Waals surface area contributed by atoms with E-state index >= 15 is 0 Å². The van der Waals surface area contributed by atoms with Crippen LogP contribution in [0.1, 0.15) is 54.4 Å². The summed E-state index contributed by atoms with van der Waals surface area (Å²) in [5, 5.41) is 0. The summed E-state index contributed by atoms with van der Waals surface area (Å²) in [4.78, 5) is 0. The zero-order valence-electron chi connectivity index (χ0n) is 17.1. The molecule has 134 valence electrons. The molecule has 0 aromatic heterocycles. The molecule has 0 fully saturated rings. The van der Waals surface area contributed by atoms with Crippen LogP contribution < -0.4 is 0 Å². The highest BCUT2D eigenvalue weighted by atomic mass is 28.3. The third-order valence-corrected chi connectivity index (χ3v) is 15.4. The second kappa shape index (κ2) is 11.6. The van der Waals surface area contributed by atoms with Crippen molar-refractivity contribution in [1.29, 1.82) is 0 Å². The maximum Gasteiger partial charge on any atom is 0.137 e. The second-order valence-electron chi connectivity index (χ2n) is 6.85. The Morgan fingerprint density at radius 1 is 0.583 bits per heavy atom. The smallest absolute Gasteiger partial charge is 0.131 e. The van der Waals surface area contributed by atoms with Crippen LogP contribution in [0.25, 0.3) is 0 Å². The van der Waals surface area contributed by atoms with Crippen LogP contribution in [0.15, 0.2) is 24.3 Å². The molecule has 0 amide bonds. The number of hydrogen-bond acceptors (Lipinski definition) is 0. The Bertz CT molecular complexity index is 459. The molecule has 2 heteroatoms. The Balaban J connectivity index is 4.76. The van der Waals surface area contributed by atoms with Gasteiger partial charge in [-0.25, -0.2) is 0 Å². The Morgan fingerprint density at radius 3 is 1.04 bits per heavy atom. The minimum absolute atomic E-state index is 0.757. The molecule has 0 aliphatic heterocycles. The molecule has 0 saturated carbocycles. The summed E-state index contributed by atoms with van der Waals surface area (Å²) < 4.78 is 0. The lowest BCUT2D eigenvalue weighted by atomic mass is 10.0. The van der Waals surface area contributed by atoms with Crippen LogP contribution >= 0.6 is 0 Å². The molecular formula is C22H38Si2. The van der Waals surface area contributed by atoms with Gasteiger partial charge in [-0.1, -0.05) is 54.7 Å². The summed E-state index contributed by atoms with van der Waals surface area (Å²) in [5.74, 6) is 6.82. The minimum Gasteiger partial charge on any atom is -0.131 e. The summed E-state index contributed by atoms with van der Waals surface area (Å²) in [7, 11) is -2.68. The SMILES string of the molecule is C=C(CC#C[Si](CC)(CC)CC)C(=C)CC#C[Si](CC)(CC)CC. The fourth-order valence-electron chi connectivity index (χ4n) is 2.96. The average molecular weight is 359 g/mol. The summed E-state index contributed by atoms with van der Waals surface area (Å²) in [6, 6.07) is 7.52. The van der Waals surface area contributed by atoms with Crippen molar-refractivity contribution < 1.29 is 0 Å². The van der Waals surface area contributed by atoms with Gasteiger partial charge < -0.3 is 0 Å². The molecule has 0 heterocycles. The van der Waals surface area contributed by atoms with Crippen molar-refractivity contribution in [2.45, 2.75) is 90.6 Å². The molecule has 0 atom stereocenters. The summed E-state index contributed by atoms with van der Waals surface area (Å²) >= 11 is 0. The van der Waals surface area contributed by atoms with Crippen LogP contribution in [0.4, 0.5) is 0 Å². The predicted molar refractivity (Wildman–Crippen MR) is 117 cm³/mol. The van der Waals surface area contributed by atoms with Gasteiger partial charge in [0.2, 0.25) is 0 Å². The van der Waals surface area contributed by atoms with Crippen LogP contribution in [0.5, 0.6) is 0 Å². The third kappa shape index (κ3) is 6.88. The van der Waals surface area contributed by atoms with Crippen LogP contribution in [0.2, 0.25) is 36.3 Å². The molecule has 0 unspecified atom stereocenters. The maximum absolute atomic E-state index is 4.18. The fraction of sp³-hybridized carbons (Fsp3) is 0.636. The van der Waals surface area contributed by atoms with Crippen molar-refractivity contribution in [2.75, 3.05) is 0 Å². The highest BCUT2D eigenvalue weighted by Gasteiger charge is 2.24. The zero-order chi connectivity index (χ0) is 18.6. The van der Waals surface area contributed by atoms with E-state index in [-0.39, 0.29) is 0 Å². The molecule has 0 aromatic rings. The molecule has 0 aromatic carbocycles. The van der Waals surface area contributed by atoms with Gasteiger partial charge in [0.1, 0.15) is 16.1 Å². The summed E-state index contributed by atoms with van der Waals surface area (Å²) in [6.07, 6.45) is 1.51. The third-order valence-electron chi connectivity index (χ3n) is 5.87. The van der Waals surface area contributed by atoms with Crippen LogP contribution in [-0.4, -0.2) is 16.1 Å². The quantitative estimate of drug-likeness (QED) is 0.237. The van der Waals surface area contributed by atoms with Gasteiger partial charge in [0.15, 0.2) is 0 Å². The summed E-state index contributed by atoms with van der Waals surface area (Å²) in [6.45, 7) is 22.1. The van der Waals surface area contributed by atoms with Gasteiger partial charge >= 0.3 is 0 Å². The molecular weight excluding hydrogens is 320 g/mol. The van der Waals surface area contributed by atoms with Crippen molar-refractivity contribution >= 4 is 16.1 Å². The van der Waals surface area contributed by atoms with Crippen molar-refractivity contribution in [3.8, 4) is 22.9 Å². The van der Waals surface area contributed by atoms with Crippen LogP contribution in [-0.2, 0) is 0 Å². The molecule has 0 spiro atoms. The van der Waals surface area contributed by atoms with Gasteiger partial charge in [-0.15, -0.1) is 22.9 Å². The van der Waals surface area contributed by atoms with Gasteiger partial charge in [0, 0.05) is 12.8 Å². The Labute approximate surface area is 154 Å². The van der Waals surface area contributed by atoms with Gasteiger partial charge in [-0.05, 0) is 47.4 Å². The largest absolute Gasteiger partial charge is 0.137 e. The first kappa shape index (κ1) is 23.0. The average Bonchev–Trinajstić information content (AvgIpc) is 2.63. The number of allylic oxidation sites excluding steroid dienone is 2. The topological polar surface area (TPSA) is 0 Å². The van der Waals surface area contributed by atoms with Crippen LogP contribution in [0, 0.1) is 22.9 Å². The van der Waals surface area contributed by atoms with Crippen molar-refractivity contribution in [2.24, 2.45) is 0 Å². The first-order chi connectivity index (χ1) is 11.4. The molecule has 24 heavy (non-hydrogen) atoms. The number of hydrogen-bond donors (Lipinski definition) is 0. The van der Waals surface area contributed by atoms with E-state index in [2.05, 4.69) is 77.6 Å². The minimum atomic E-state index is -1.34. The van der Waals surface area contributed by atoms with Gasteiger partial charge in [-0.3, -0.25) is 0 Å². The summed E-state index contributed by atoms with van der Waals surface area (Å²) in [5.41, 5.74) is 9.41. The maximum atomic E-state index is 4.18. The molecule has 0 aliphatic rings. The van der Waals surface area contributed by atoms with Crippen molar-refractivity contribution in [3.63, 3.8) is 0 Å². The Hall–Kier alpha value is -0.966. The van der Waals surface area contributed by atoms with Crippen molar-refractivity contribution in [1.82, 2.24) is 0 Å². The Morgan fingerprint density at radius 2 is 0.833 bits per heavy atom. The Kier molecular flexibility index (Phi) is 11.1. The van der Waals surface area contributed by atoms with E-state index in [1.807, 2.05) is 0 Å². The lowest BCUT2D eigenvalue weighted by Crippen LogP contribution is -2.29. The van der Waals surface area contributed by atoms with Crippen molar-refractivity contribution in [3.05, 3.63) is 24.3 Å². The lowest BCUT2D eigenvalue weighted by molar-refractivity contribution is 1.18. The zero-order valence-corrected chi connectivity index (χ0v) is 19.1. The molecule has 0 rings (SSSR count). The second-order valence-corrected chi connectivity index (χ2v) is 16.7. The van der Waals surface area contributed by atoms with E-state index < -0.39 is 16.1 Å². The molecule has 0 nitrogen and oxygen atoms in total. The number of rotatable bonds is 9. The highest BCUT2D eigenvalue weighted by molar-refractivity contribution is 6.87. The van der Waals surface area contributed by atoms with E-state index in [9.17, 15) is 0 Å². The van der Waals surface area contributed by atoms with Gasteiger partial charge in [0.25, 0.3) is 0 Å². The first-order valence-corrected chi connectivity index (χ1v) is 15.0. The van der Waals surface area contributed by atoms with E-state index in [1.165, 1.54) is 36.3 Å². The van der Waals surface area contributed by atoms with E-state index in [0.29, 0.717) is 0 Å². The normalized spacial score (nSPS) is 11.1. The van der Waals surface area contributed by atoms with Gasteiger partial charge in [-0.2, -0.15) is 0 Å². The highest BCUT2D eigenvalue weighted by Crippen LogP contribution is 2.21. The lowest BCUT2D eigenvalue weighted by Gasteiger charge is -2.20. The predicted octanol–water partition coefficient (Wildman–Crippen LogP) is 6.98. The van der Waals surface area contributed by atoms with E-state index in [0.717, 1.165) is 24.0 Å². The molecule has 0 N–H and O–H groups in total. The van der Waals surface area contributed by atoms with Gasteiger partial charge in [0.05, 0.1) is 0 Å². The molecule has 0 aliphatic carbocycles. The molecule has 0 saturated heterocycles. The molecule has 0 radical (unpaired) electrons. The molecule has 0 bridgehead atoms. The van der Waals surface area contributed by atoms with E-state index in [1.54, 1.807) is 0 Å². The first-order valence-electron chi connectivity index (χ1n) is 9.74.